The molecule has 35 heavy (non-hydrogen) atoms. The van der Waals surface area contributed by atoms with Crippen LogP contribution in [0.1, 0.15) is 43.9 Å². The van der Waals surface area contributed by atoms with Crippen molar-refractivity contribution in [1.82, 2.24) is 0 Å². The van der Waals surface area contributed by atoms with E-state index >= 15 is 0 Å². The Morgan fingerprint density at radius 1 is 1.26 bits per heavy atom. The molecule has 1 aromatic carbocycles. The molecule has 7 heteroatoms. The van der Waals surface area contributed by atoms with Crippen LogP contribution in [0.3, 0.4) is 0 Å². The first-order valence-corrected chi connectivity index (χ1v) is 12.4. The smallest absolute Gasteiger partial charge is 0.343 e. The molecule has 6 nitrogen and oxygen atoms in total. The average molecular weight is 483 g/mol. The third-order valence-electron chi connectivity index (χ3n) is 5.45. The molecule has 2 aliphatic heterocycles. The van der Waals surface area contributed by atoms with Crippen LogP contribution in [-0.2, 0) is 21.3 Å². The van der Waals surface area contributed by atoms with Gasteiger partial charge in [-0.05, 0) is 53.6 Å². The second-order valence-electron chi connectivity index (χ2n) is 9.14. The molecule has 0 aliphatic carbocycles. The highest BCUT2D eigenvalue weighted by Crippen LogP contribution is 2.34. The number of hydrogen-bond donors (Lipinski definition) is 0. The van der Waals surface area contributed by atoms with Crippen LogP contribution in [0, 0.1) is 35.2 Å². The summed E-state index contributed by atoms with van der Waals surface area (Å²) in [6.45, 7) is 13.2. The number of rotatable bonds is 2. The van der Waals surface area contributed by atoms with Gasteiger partial charge in [-0.2, -0.15) is 0 Å². The largest absolute Gasteiger partial charge is 0.461 e. The molecule has 0 radical (unpaired) electrons. The minimum absolute atomic E-state index is 0.0388. The van der Waals surface area contributed by atoms with E-state index in [1.807, 2.05) is 32.9 Å². The maximum absolute atomic E-state index is 12.7. The van der Waals surface area contributed by atoms with Crippen LogP contribution in [0.15, 0.2) is 68.4 Å². The maximum atomic E-state index is 12.7. The van der Waals surface area contributed by atoms with Crippen molar-refractivity contribution in [2.75, 3.05) is 5.75 Å². The molecule has 174 valence electrons. The van der Waals surface area contributed by atoms with Crippen LogP contribution in [0.5, 0.6) is 0 Å². The average Bonchev–Trinajstić information content (AvgIpc) is 2.80. The van der Waals surface area contributed by atoms with Gasteiger partial charge in [0.15, 0.2) is 0 Å². The first-order valence-electron chi connectivity index (χ1n) is 10.9. The van der Waals surface area contributed by atoms with Crippen LogP contribution < -0.4 is 5.63 Å². The fourth-order valence-electron chi connectivity index (χ4n) is 3.59. The Hall–Kier alpha value is -4.12. The van der Waals surface area contributed by atoms with E-state index in [4.69, 9.17) is 15.7 Å². The van der Waals surface area contributed by atoms with E-state index < -0.39 is 16.4 Å². The fraction of sp³-hybridized carbons (Fsp3) is 0.250. The van der Waals surface area contributed by atoms with E-state index in [-0.39, 0.29) is 11.1 Å². The first-order chi connectivity index (χ1) is 16.7. The number of nitriles is 1. The second kappa shape index (κ2) is 9.63. The lowest BCUT2D eigenvalue weighted by Crippen LogP contribution is -2.15. The summed E-state index contributed by atoms with van der Waals surface area (Å²) in [5, 5.41) is 10.0. The Morgan fingerprint density at radius 3 is 2.77 bits per heavy atom. The Balaban J connectivity index is 1.74. The number of fused-ring (bicyclic) bond motifs is 2. The molecule has 2 aliphatic rings. The molecule has 0 saturated heterocycles. The van der Waals surface area contributed by atoms with Gasteiger partial charge in [0, 0.05) is 45.1 Å². The zero-order valence-electron chi connectivity index (χ0n) is 19.6. The molecule has 0 N–H and O–H groups in total. The molecule has 0 amide bonds. The van der Waals surface area contributed by atoms with Crippen molar-refractivity contribution in [2.45, 2.75) is 32.9 Å². The zero-order valence-corrected chi connectivity index (χ0v) is 20.4. The van der Waals surface area contributed by atoms with Gasteiger partial charge in [-0.1, -0.05) is 32.6 Å². The van der Waals surface area contributed by atoms with Gasteiger partial charge < -0.3 is 9.15 Å². The normalized spacial score (nSPS) is 19.1. The number of nitrogens with zero attached hydrogens (tertiary/aromatic N) is 2. The van der Waals surface area contributed by atoms with E-state index in [9.17, 15) is 14.3 Å². The molecule has 2 aromatic rings. The molecule has 0 spiro atoms. The molecular weight excluding hydrogens is 460 g/mol. The summed E-state index contributed by atoms with van der Waals surface area (Å²) in [7, 11) is -0.996. The van der Waals surface area contributed by atoms with Gasteiger partial charge in [-0.25, -0.2) is 14.9 Å². The summed E-state index contributed by atoms with van der Waals surface area (Å²) >= 11 is 0. The predicted molar refractivity (Wildman–Crippen MR) is 136 cm³/mol. The van der Waals surface area contributed by atoms with Crippen molar-refractivity contribution in [3.05, 3.63) is 97.7 Å². The minimum atomic E-state index is -0.996. The molecule has 0 fully saturated rings. The van der Waals surface area contributed by atoms with Gasteiger partial charge in [0.05, 0.1) is 18.2 Å². The van der Waals surface area contributed by atoms with Crippen molar-refractivity contribution in [1.29, 1.82) is 5.26 Å². The van der Waals surface area contributed by atoms with Gasteiger partial charge in [-0.15, -0.1) is 0 Å². The number of ether oxygens (including phenoxy) is 1. The molecule has 0 saturated carbocycles. The Kier molecular flexibility index (Phi) is 6.61. The number of allylic oxidation sites excluding steroid dienone is 6. The molecule has 4 rings (SSSR count). The topological polar surface area (TPSA) is 84.7 Å². The quantitative estimate of drug-likeness (QED) is 0.249. The van der Waals surface area contributed by atoms with E-state index in [0.717, 1.165) is 11.1 Å². The van der Waals surface area contributed by atoms with Crippen molar-refractivity contribution in [3.8, 4) is 17.9 Å². The van der Waals surface area contributed by atoms with Gasteiger partial charge in [-0.3, -0.25) is 4.21 Å². The Bertz CT molecular complexity index is 1570. The van der Waals surface area contributed by atoms with E-state index in [2.05, 4.69) is 16.7 Å². The molecule has 3 heterocycles. The summed E-state index contributed by atoms with van der Waals surface area (Å²) in [5.74, 6) is 8.04. The van der Waals surface area contributed by atoms with E-state index in [1.54, 1.807) is 36.4 Å². The fourth-order valence-corrected chi connectivity index (χ4v) is 4.65. The van der Waals surface area contributed by atoms with Crippen LogP contribution >= 0.6 is 0 Å². The van der Waals surface area contributed by atoms with Gasteiger partial charge >= 0.3 is 5.63 Å². The van der Waals surface area contributed by atoms with E-state index in [1.165, 1.54) is 0 Å². The Morgan fingerprint density at radius 2 is 2.06 bits per heavy atom. The highest BCUT2D eigenvalue weighted by atomic mass is 32.2. The summed E-state index contributed by atoms with van der Waals surface area (Å²) in [6, 6.07) is 7.23. The second-order valence-corrected chi connectivity index (χ2v) is 10.7. The van der Waals surface area contributed by atoms with Crippen molar-refractivity contribution in [2.24, 2.45) is 5.41 Å². The Labute approximate surface area is 206 Å². The highest BCUT2D eigenvalue weighted by Gasteiger charge is 2.24. The predicted octanol–water partition coefficient (Wildman–Crippen LogP) is 5.35. The summed E-state index contributed by atoms with van der Waals surface area (Å²) in [4.78, 5) is 16.0. The minimum Gasteiger partial charge on any atom is -0.461 e. The monoisotopic (exact) mass is 482 g/mol. The number of hydrogen-bond acceptors (Lipinski definition) is 5. The van der Waals surface area contributed by atoms with Crippen molar-refractivity contribution in [3.63, 3.8) is 0 Å². The summed E-state index contributed by atoms with van der Waals surface area (Å²) in [6.07, 6.45) is 7.06. The van der Waals surface area contributed by atoms with Gasteiger partial charge in [0.25, 0.3) is 5.70 Å². The lowest BCUT2D eigenvalue weighted by molar-refractivity contribution is 0.223. The van der Waals surface area contributed by atoms with Crippen LogP contribution in [0.25, 0.3) is 21.9 Å². The maximum Gasteiger partial charge on any atom is 0.343 e. The van der Waals surface area contributed by atoms with Crippen LogP contribution in [-0.4, -0.2) is 9.96 Å². The lowest BCUT2D eigenvalue weighted by Gasteiger charge is -2.26. The summed E-state index contributed by atoms with van der Waals surface area (Å²) < 4.78 is 23.8. The first kappa shape index (κ1) is 24.0. The standard InChI is InChI=1S/C28H22N2O4S/c1-28(2,3)26-15-20(24(16-29)30-4)13-23(33-26)9-8-19-11-21-12-22-17-35(32)10-6-5-7-18(22)14-25(21)34-27(19)31/h8-9,11-15H,6,10,17H2,1-3H3/b9-8+,24-20-. The van der Waals surface area contributed by atoms with Crippen molar-refractivity contribution >= 4 is 27.8 Å². The van der Waals surface area contributed by atoms with Gasteiger partial charge in [0.2, 0.25) is 0 Å². The zero-order chi connectivity index (χ0) is 25.2. The lowest BCUT2D eigenvalue weighted by atomic mass is 9.91. The van der Waals surface area contributed by atoms with Gasteiger partial charge in [0.1, 0.15) is 17.1 Å². The third-order valence-corrected chi connectivity index (χ3v) is 6.74. The molecular formula is C28H22N2O4S. The molecule has 0 bridgehead atoms. The van der Waals surface area contributed by atoms with E-state index in [0.29, 0.717) is 51.6 Å². The number of benzene rings is 1. The van der Waals surface area contributed by atoms with Crippen molar-refractivity contribution < 1.29 is 13.4 Å². The highest BCUT2D eigenvalue weighted by molar-refractivity contribution is 7.84. The molecule has 1 atom stereocenters. The molecule has 1 aromatic heterocycles. The summed E-state index contributed by atoms with van der Waals surface area (Å²) in [5.41, 5.74) is 1.85. The third kappa shape index (κ3) is 5.35. The SMILES string of the molecule is [C-]#[N+]/C(C#N)=C1C=C(/C=C/c2cc3cc4c(cc3oc2=O)C#CCCS(=O)C4)OC(C(C)(C)C)=C/1. The van der Waals surface area contributed by atoms with Crippen LogP contribution in [0.4, 0.5) is 0 Å². The molecule has 1 unspecified atom stereocenters. The van der Waals surface area contributed by atoms with Crippen LogP contribution in [0.2, 0.25) is 0 Å².